The number of halogens is 2. The molecule has 11 N–H and O–H groups in total. The first kappa shape index (κ1) is 70.6. The van der Waals surface area contributed by atoms with Crippen molar-refractivity contribution in [1.82, 2.24) is 0 Å². The van der Waals surface area contributed by atoms with Crippen LogP contribution in [-0.2, 0) is 34.1 Å². The Morgan fingerprint density at radius 1 is 0.500 bits per heavy atom. The van der Waals surface area contributed by atoms with Gasteiger partial charge in [0.05, 0.1) is 66.6 Å². The lowest BCUT2D eigenvalue weighted by Crippen LogP contribution is -2.38. The van der Waals surface area contributed by atoms with Gasteiger partial charge in [0.25, 0.3) is 5.91 Å². The van der Waals surface area contributed by atoms with Crippen molar-refractivity contribution in [1.29, 1.82) is 10.5 Å². The summed E-state index contributed by atoms with van der Waals surface area (Å²) in [6.07, 6.45) is 1.71. The monoisotopic (exact) mass is 1300 g/mol. The number of carbonyl (C=O) groups is 6. The van der Waals surface area contributed by atoms with Gasteiger partial charge in [-0.2, -0.15) is 10.5 Å². The number of phenols is 3. The summed E-state index contributed by atoms with van der Waals surface area (Å²) in [4.78, 5) is 73.7. The van der Waals surface area contributed by atoms with Gasteiger partial charge >= 0.3 is 12.1 Å². The van der Waals surface area contributed by atoms with Crippen LogP contribution < -0.4 is 42.5 Å². The average molecular weight is 1300 g/mol. The number of hydrogen-bond acceptors (Lipinski definition) is 15. The van der Waals surface area contributed by atoms with Crippen molar-refractivity contribution >= 4 is 124 Å². The number of benzene rings is 7. The first-order valence-corrected chi connectivity index (χ1v) is 31.6. The molecule has 8 amide bonds. The van der Waals surface area contributed by atoms with Gasteiger partial charge in [-0.15, -0.1) is 0 Å². The van der Waals surface area contributed by atoms with E-state index in [1.54, 1.807) is 113 Å². The zero-order valence-corrected chi connectivity index (χ0v) is 52.6. The first-order chi connectivity index (χ1) is 42.5. The molecule has 0 saturated carbocycles. The third kappa shape index (κ3) is 20.2. The minimum Gasteiger partial charge on any atom is -0.506 e. The predicted molar refractivity (Wildman–Crippen MR) is 348 cm³/mol. The number of phenolic OH excluding ortho intramolecular Hbond substituents is 3. The zero-order valence-electron chi connectivity index (χ0n) is 49.5. The number of aryl methyl sites for hydroxylation is 1. The lowest BCUT2D eigenvalue weighted by atomic mass is 10.1. The predicted octanol–water partition coefficient (Wildman–Crippen LogP) is 12.3. The van der Waals surface area contributed by atoms with E-state index in [1.807, 2.05) is 26.0 Å². The van der Waals surface area contributed by atoms with Crippen molar-refractivity contribution in [2.24, 2.45) is 11.8 Å². The number of sulfone groups is 2. The van der Waals surface area contributed by atoms with Gasteiger partial charge in [0.1, 0.15) is 27.7 Å². The van der Waals surface area contributed by atoms with Gasteiger partial charge in [0, 0.05) is 53.0 Å². The van der Waals surface area contributed by atoms with Crippen molar-refractivity contribution in [3.63, 3.8) is 0 Å². The molecule has 470 valence electrons. The van der Waals surface area contributed by atoms with Crippen molar-refractivity contribution in [3.05, 3.63) is 178 Å². The molecular weight excluding hydrogens is 1240 g/mol. The second kappa shape index (κ2) is 32.2. The van der Waals surface area contributed by atoms with Crippen LogP contribution in [0.2, 0.25) is 10.0 Å². The molecule has 3 atom stereocenters. The Morgan fingerprint density at radius 2 is 0.978 bits per heavy atom. The Hall–Kier alpha value is -10.2. The summed E-state index contributed by atoms with van der Waals surface area (Å²) >= 11 is 12.4. The molecule has 0 aliphatic heterocycles. The highest BCUT2D eigenvalue weighted by Crippen LogP contribution is 2.37. The number of rotatable bonds is 18. The maximum atomic E-state index is 13.0. The molecule has 0 spiro atoms. The largest absolute Gasteiger partial charge is 0.506 e. The van der Waals surface area contributed by atoms with Gasteiger partial charge in [0.2, 0.25) is 17.7 Å². The van der Waals surface area contributed by atoms with Crippen LogP contribution in [0.1, 0.15) is 74.5 Å². The van der Waals surface area contributed by atoms with Gasteiger partial charge in [-0.3, -0.25) is 19.2 Å². The Kier molecular flexibility index (Phi) is 25.2. The van der Waals surface area contributed by atoms with E-state index in [0.717, 1.165) is 24.0 Å². The highest BCUT2D eigenvalue weighted by Gasteiger charge is 2.34. The van der Waals surface area contributed by atoms with E-state index < -0.39 is 71.6 Å². The SMILES string of the molecule is CC(C)C(C(=O)Nc1cc(O)c(NC(=O)c2ccccc2)cc1Cl)S(C)(=O)=O.CCC(C(=O)Nc1cc(O)c(NC(=O)Nc2ccc(C#N)cc2)cc1Cl)S(=O)(=O)c1cccc(C)c1.CCC(C)C(=O)Nc1ccc(NC(=O)Nc2ccc(C#N)cc2)c(O)c1. The number of hydrogen-bond donors (Lipinski definition) is 11. The Morgan fingerprint density at radius 3 is 1.43 bits per heavy atom. The van der Waals surface area contributed by atoms with E-state index in [-0.39, 0.29) is 73.1 Å². The van der Waals surface area contributed by atoms with Gasteiger partial charge in [0.15, 0.2) is 19.7 Å². The van der Waals surface area contributed by atoms with Crippen LogP contribution in [0.15, 0.2) is 150 Å². The molecule has 0 heterocycles. The molecule has 0 fully saturated rings. The van der Waals surface area contributed by atoms with E-state index >= 15 is 0 Å². The number of nitriles is 2. The van der Waals surface area contributed by atoms with E-state index in [0.29, 0.717) is 40.2 Å². The Bertz CT molecular complexity index is 4110. The molecule has 0 aliphatic rings. The average Bonchev–Trinajstić information content (AvgIpc) is 0.901. The lowest BCUT2D eigenvalue weighted by Gasteiger charge is -2.19. The highest BCUT2D eigenvalue weighted by atomic mass is 35.5. The second-order valence-electron chi connectivity index (χ2n) is 20.3. The fraction of sp³-hybridized carbons (Fsp3) is 0.206. The fourth-order valence-corrected chi connectivity index (χ4v) is 11.8. The second-order valence-corrected chi connectivity index (χ2v) is 25.4. The summed E-state index contributed by atoms with van der Waals surface area (Å²) in [7, 11) is -7.61. The third-order valence-electron chi connectivity index (χ3n) is 13.0. The van der Waals surface area contributed by atoms with Gasteiger partial charge in [-0.1, -0.05) is 88.2 Å². The number of anilines is 8. The van der Waals surface area contributed by atoms with Gasteiger partial charge < -0.3 is 57.9 Å². The number of urea groups is 2. The van der Waals surface area contributed by atoms with Crippen LogP contribution >= 0.6 is 23.2 Å². The Labute approximate surface area is 530 Å². The lowest BCUT2D eigenvalue weighted by molar-refractivity contribution is -0.119. The molecule has 90 heavy (non-hydrogen) atoms. The molecule has 0 aromatic heterocycles. The van der Waals surface area contributed by atoms with Crippen molar-refractivity contribution in [3.8, 4) is 29.4 Å². The summed E-state index contributed by atoms with van der Waals surface area (Å²) < 4.78 is 49.8. The van der Waals surface area contributed by atoms with Crippen LogP contribution in [0.3, 0.4) is 0 Å². The molecular formula is C63H64Cl2N10O13S2. The number of nitrogens with zero attached hydrogens (tertiary/aromatic N) is 2. The molecule has 0 radical (unpaired) electrons. The number of nitrogens with one attached hydrogen (secondary N) is 8. The molecule has 7 aromatic carbocycles. The van der Waals surface area contributed by atoms with Crippen LogP contribution in [0, 0.1) is 41.4 Å². The molecule has 0 bridgehead atoms. The summed E-state index contributed by atoms with van der Waals surface area (Å²) in [5.74, 6) is -3.61. The highest BCUT2D eigenvalue weighted by molar-refractivity contribution is 7.93. The van der Waals surface area contributed by atoms with Gasteiger partial charge in [-0.25, -0.2) is 26.4 Å². The molecule has 7 rings (SSSR count). The summed E-state index contributed by atoms with van der Waals surface area (Å²) in [6, 6.07) is 39.2. The summed E-state index contributed by atoms with van der Waals surface area (Å²) in [6.45, 7) is 10.3. The minimum atomic E-state index is -3.97. The summed E-state index contributed by atoms with van der Waals surface area (Å²) in [5.41, 5.74) is 3.68. The van der Waals surface area contributed by atoms with Crippen molar-refractivity contribution < 1.29 is 60.9 Å². The first-order valence-electron chi connectivity index (χ1n) is 27.3. The number of amides is 8. The molecule has 7 aromatic rings. The van der Waals surface area contributed by atoms with Crippen molar-refractivity contribution in [2.45, 2.75) is 69.8 Å². The van der Waals surface area contributed by atoms with E-state index in [2.05, 4.69) is 42.5 Å². The molecule has 0 saturated heterocycles. The van der Waals surface area contributed by atoms with Gasteiger partial charge in [-0.05, 0) is 128 Å². The van der Waals surface area contributed by atoms with Crippen LogP contribution in [0.25, 0.3) is 0 Å². The summed E-state index contributed by atoms with van der Waals surface area (Å²) in [5, 5.41) is 65.8. The Balaban J connectivity index is 0.000000250. The van der Waals surface area contributed by atoms with E-state index in [1.165, 1.54) is 48.5 Å². The smallest absolute Gasteiger partial charge is 0.323 e. The minimum absolute atomic E-state index is 0.0147. The zero-order chi connectivity index (χ0) is 66.6. The molecule has 23 nitrogen and oxygen atoms in total. The topological polar surface area (TPSA) is 375 Å². The quantitative estimate of drug-likeness (QED) is 0.0356. The van der Waals surface area contributed by atoms with Crippen LogP contribution in [0.4, 0.5) is 55.1 Å². The number of aromatic hydroxyl groups is 3. The standard InChI is InChI=1S/C25H23ClN4O5S.C19H21ClN2O5S.C19H20N4O3/c1-3-23(36(34,35)18-6-4-5-15(2)11-18)24(32)29-20-13-22(31)21(12-19(20)26)30-25(33)28-17-9-7-16(14-27)8-10-17;1-11(2)17(28(3,26)27)19(25)21-14-10-16(23)15(9-13(14)20)22-18(24)12-7-5-4-6-8-12;1-3-12(2)18(25)21-15-8-9-16(17(24)10-15)23-19(26)22-14-6-4-13(11-20)5-7-14/h4-13,23,31H,3H2,1-2H3,(H,29,32)(H2,28,30,33);4-11,17,23H,1-3H3,(H,21,25)(H,22,24);4-10,12,24H,3H2,1-2H3,(H,21,25)(H2,22,23,26). The van der Waals surface area contributed by atoms with Crippen LogP contribution in [0.5, 0.6) is 17.2 Å². The fourth-order valence-electron chi connectivity index (χ4n) is 8.20. The normalized spacial score (nSPS) is 11.8. The van der Waals surface area contributed by atoms with Crippen molar-refractivity contribution in [2.75, 3.05) is 48.8 Å². The number of carbonyl (C=O) groups excluding carboxylic acids is 6. The molecule has 3 unspecified atom stereocenters. The van der Waals surface area contributed by atoms with E-state index in [4.69, 9.17) is 33.7 Å². The maximum Gasteiger partial charge on any atom is 0.323 e. The molecule has 0 aliphatic carbocycles. The maximum absolute atomic E-state index is 13.0. The van der Waals surface area contributed by atoms with Crippen LogP contribution in [-0.4, -0.2) is 84.6 Å². The van der Waals surface area contributed by atoms with E-state index in [9.17, 15) is 60.9 Å². The third-order valence-corrected chi connectivity index (χ3v) is 17.5. The molecule has 27 heteroatoms.